The molecule has 2 bridgehead atoms. The summed E-state index contributed by atoms with van der Waals surface area (Å²) in [5, 5.41) is 37.9. The van der Waals surface area contributed by atoms with Crippen molar-refractivity contribution in [3.63, 3.8) is 0 Å². The summed E-state index contributed by atoms with van der Waals surface area (Å²) in [7, 11) is 2.35. The molecule has 0 amide bonds. The third-order valence-corrected chi connectivity index (χ3v) is 14.9. The number of aliphatic hydroxyl groups is 3. The van der Waals surface area contributed by atoms with Crippen LogP contribution in [0.5, 0.6) is 0 Å². The first-order chi connectivity index (χ1) is 24.5. The molecule has 5 unspecified atom stereocenters. The van der Waals surface area contributed by atoms with E-state index in [2.05, 4.69) is 0 Å². The summed E-state index contributed by atoms with van der Waals surface area (Å²) >= 11 is 0. The highest BCUT2D eigenvalue weighted by Crippen LogP contribution is 2.84. The Kier molecular flexibility index (Phi) is 7.60. The fraction of sp³-hybridized carbons (Fsp3) is 0.784. The molecule has 1 spiro atoms. The molecule has 0 aromatic rings. The smallest absolute Gasteiger partial charge is 0.338 e. The Morgan fingerprint density at radius 3 is 2.37 bits per heavy atom. The Hall–Kier alpha value is -3.08. The maximum absolute atomic E-state index is 14.3. The van der Waals surface area contributed by atoms with Crippen LogP contribution in [0.25, 0.3) is 0 Å². The second kappa shape index (κ2) is 11.0. The highest BCUT2D eigenvalue weighted by molar-refractivity contribution is 5.88. The zero-order valence-electron chi connectivity index (χ0n) is 30.4. The largest absolute Gasteiger partial charge is 0.469 e. The Bertz CT molecular complexity index is 1680. The number of hydrogen-bond donors (Lipinski definition) is 3. The molecular formula is C37H48O15. The van der Waals surface area contributed by atoms with Gasteiger partial charge in [-0.2, -0.15) is 0 Å². The van der Waals surface area contributed by atoms with Crippen LogP contribution in [-0.2, 0) is 57.1 Å². The van der Waals surface area contributed by atoms with Gasteiger partial charge in [0.2, 0.25) is 6.29 Å². The van der Waals surface area contributed by atoms with Gasteiger partial charge in [-0.15, -0.1) is 0 Å². The molecule has 15 heteroatoms. The van der Waals surface area contributed by atoms with Crippen molar-refractivity contribution in [1.29, 1.82) is 0 Å². The standard InChI is InChI=1S/C37H48O15/c1-8-17(3)26(40)50-19-15-20(49-22(38)9-2)34(28(41)45-6)16-48-23-24(34)33(19)10-11-36(44,29(42)46-7)27(33)31(4,25(23)39)37-21-14-18(32(37,5)52-37)35(43)12-13-47-30(35)51-21/h8,12-13,18-21,23-25,27,30,39,43-44H,9-11,14-16H2,1-7H3/b17-8-/t18?,19-,20+,21+,23+,24+,25+,27?,30-,31+,32?,33-,34-,35?,36+,37?/m0/s1. The summed E-state index contributed by atoms with van der Waals surface area (Å²) < 4.78 is 48.6. The van der Waals surface area contributed by atoms with Crippen LogP contribution in [0.15, 0.2) is 24.0 Å². The molecule has 8 aliphatic rings. The van der Waals surface area contributed by atoms with Crippen LogP contribution in [0.1, 0.15) is 66.7 Å². The van der Waals surface area contributed by atoms with E-state index in [-0.39, 0.29) is 37.9 Å². The van der Waals surface area contributed by atoms with E-state index in [1.807, 2.05) is 6.92 Å². The number of rotatable bonds is 7. The van der Waals surface area contributed by atoms with E-state index >= 15 is 0 Å². The molecule has 7 fully saturated rings. The zero-order valence-corrected chi connectivity index (χ0v) is 30.4. The number of carbonyl (C=O) groups is 4. The first-order valence-corrected chi connectivity index (χ1v) is 18.1. The molecular weight excluding hydrogens is 684 g/mol. The number of fused-ring (bicyclic) bond motifs is 7. The van der Waals surface area contributed by atoms with Crippen LogP contribution in [0.4, 0.5) is 0 Å². The van der Waals surface area contributed by atoms with E-state index in [1.54, 1.807) is 33.8 Å². The summed E-state index contributed by atoms with van der Waals surface area (Å²) in [6.07, 6.45) is -2.68. The van der Waals surface area contributed by atoms with E-state index in [4.69, 9.17) is 37.9 Å². The molecule has 15 nitrogen and oxygen atoms in total. The third kappa shape index (κ3) is 3.73. The van der Waals surface area contributed by atoms with Crippen molar-refractivity contribution in [3.8, 4) is 0 Å². The van der Waals surface area contributed by atoms with Gasteiger partial charge in [-0.3, -0.25) is 9.59 Å². The molecule has 286 valence electrons. The topological polar surface area (TPSA) is 206 Å². The Morgan fingerprint density at radius 2 is 1.71 bits per heavy atom. The number of hydrogen-bond acceptors (Lipinski definition) is 15. The second-order valence-electron chi connectivity index (χ2n) is 16.4. The van der Waals surface area contributed by atoms with Crippen molar-refractivity contribution in [3.05, 3.63) is 24.0 Å². The monoisotopic (exact) mass is 732 g/mol. The van der Waals surface area contributed by atoms with E-state index in [0.29, 0.717) is 6.42 Å². The lowest BCUT2D eigenvalue weighted by atomic mass is 9.37. The lowest BCUT2D eigenvalue weighted by molar-refractivity contribution is -0.310. The van der Waals surface area contributed by atoms with Crippen molar-refractivity contribution in [2.75, 3.05) is 20.8 Å². The number of esters is 4. The molecule has 0 aromatic heterocycles. The summed E-state index contributed by atoms with van der Waals surface area (Å²) in [5.74, 6) is -6.09. The van der Waals surface area contributed by atoms with Crippen LogP contribution in [-0.4, -0.2) is 119 Å². The molecule has 8 rings (SSSR count). The second-order valence-corrected chi connectivity index (χ2v) is 16.4. The number of carbonyl (C=O) groups excluding carboxylic acids is 4. The Morgan fingerprint density at radius 1 is 1.00 bits per heavy atom. The molecule has 0 radical (unpaired) electrons. The van der Waals surface area contributed by atoms with Crippen molar-refractivity contribution >= 4 is 23.9 Å². The molecule has 0 aromatic carbocycles. The van der Waals surface area contributed by atoms with Crippen molar-refractivity contribution in [2.45, 2.75) is 126 Å². The summed E-state index contributed by atoms with van der Waals surface area (Å²) in [5.41, 5.74) is -11.2. The average Bonchev–Trinajstić information content (AvgIpc) is 3.50. The van der Waals surface area contributed by atoms with Gasteiger partial charge in [-0.1, -0.05) is 19.9 Å². The first-order valence-electron chi connectivity index (χ1n) is 18.1. The quantitative estimate of drug-likeness (QED) is 0.145. The van der Waals surface area contributed by atoms with Crippen molar-refractivity contribution in [1.82, 2.24) is 0 Å². The normalized spacial score (nSPS) is 53.1. The van der Waals surface area contributed by atoms with Crippen LogP contribution >= 0.6 is 0 Å². The number of aliphatic hydroxyl groups excluding tert-OH is 1. The maximum Gasteiger partial charge on any atom is 0.338 e. The van der Waals surface area contributed by atoms with E-state index in [9.17, 15) is 34.5 Å². The summed E-state index contributed by atoms with van der Waals surface area (Å²) in [6.45, 7) is 8.06. The van der Waals surface area contributed by atoms with Crippen LogP contribution < -0.4 is 0 Å². The zero-order chi connectivity index (χ0) is 37.6. The third-order valence-electron chi connectivity index (χ3n) is 14.9. The van der Waals surface area contributed by atoms with Crippen molar-refractivity contribution < 1.29 is 72.4 Å². The van der Waals surface area contributed by atoms with Gasteiger partial charge < -0.3 is 53.2 Å². The predicted molar refractivity (Wildman–Crippen MR) is 172 cm³/mol. The molecule has 3 saturated heterocycles. The minimum atomic E-state index is -2.32. The molecule has 52 heavy (non-hydrogen) atoms. The number of ether oxygens (including phenoxy) is 8. The van der Waals surface area contributed by atoms with Gasteiger partial charge in [0.25, 0.3) is 0 Å². The minimum Gasteiger partial charge on any atom is -0.469 e. The minimum absolute atomic E-state index is 0.0102. The van der Waals surface area contributed by atoms with Gasteiger partial charge in [-0.25, -0.2) is 9.59 Å². The lowest BCUT2D eigenvalue weighted by Crippen LogP contribution is -2.78. The van der Waals surface area contributed by atoms with Crippen LogP contribution in [0.2, 0.25) is 0 Å². The molecule has 4 aliphatic heterocycles. The Balaban J connectivity index is 1.39. The van der Waals surface area contributed by atoms with Gasteiger partial charge in [0.15, 0.2) is 11.2 Å². The predicted octanol–water partition coefficient (Wildman–Crippen LogP) is 0.993. The maximum atomic E-state index is 14.3. The fourth-order valence-corrected chi connectivity index (χ4v) is 12.9. The summed E-state index contributed by atoms with van der Waals surface area (Å²) in [4.78, 5) is 55.2. The molecule has 4 heterocycles. The van der Waals surface area contributed by atoms with Crippen LogP contribution in [0.3, 0.4) is 0 Å². The highest BCUT2D eigenvalue weighted by atomic mass is 16.7. The Labute approximate surface area is 300 Å². The van der Waals surface area contributed by atoms with Gasteiger partial charge in [0.1, 0.15) is 28.8 Å². The molecule has 4 aliphatic carbocycles. The SMILES string of the molecule is C/C=C(/C)C(=O)O[C@H]1C[C@@H](OC(=O)CC)[C@@]2(C(=O)OC)CO[C@H]3[C@@H](O)[C@@](C)(C45OC4(C)C4C[C@H]5O[C@@H]5OC=CC45O)C4[C@]1(CC[C@]4(O)C(=O)OC)[C@@H]32. The van der Waals surface area contributed by atoms with E-state index in [0.717, 1.165) is 7.11 Å². The molecule has 4 saturated carbocycles. The van der Waals surface area contributed by atoms with Gasteiger partial charge >= 0.3 is 23.9 Å². The lowest BCUT2D eigenvalue weighted by Gasteiger charge is -2.67. The highest BCUT2D eigenvalue weighted by Gasteiger charge is 2.96. The van der Waals surface area contributed by atoms with Gasteiger partial charge in [0, 0.05) is 47.0 Å². The van der Waals surface area contributed by atoms with Crippen LogP contribution in [0, 0.1) is 34.0 Å². The fourth-order valence-electron chi connectivity index (χ4n) is 12.9. The number of methoxy groups -OCH3 is 2. The van der Waals surface area contributed by atoms with Crippen molar-refractivity contribution in [2.24, 2.45) is 34.0 Å². The van der Waals surface area contributed by atoms with E-state index in [1.165, 1.54) is 19.4 Å². The van der Waals surface area contributed by atoms with Gasteiger partial charge in [-0.05, 0) is 46.1 Å². The molecule has 16 atom stereocenters. The summed E-state index contributed by atoms with van der Waals surface area (Å²) in [6, 6.07) is 0. The van der Waals surface area contributed by atoms with E-state index < -0.39 is 117 Å². The first kappa shape index (κ1) is 35.9. The number of epoxide rings is 1. The number of allylic oxidation sites excluding steroid dienone is 1. The molecule has 3 N–H and O–H groups in total. The van der Waals surface area contributed by atoms with Gasteiger partial charge in [0.05, 0.1) is 45.4 Å². The average molecular weight is 733 g/mol.